The Labute approximate surface area is 124 Å². The molecule has 3 rings (SSSR count). The van der Waals surface area contributed by atoms with Crippen molar-refractivity contribution < 1.29 is 4.39 Å². The second-order valence-corrected chi connectivity index (χ2v) is 5.84. The van der Waals surface area contributed by atoms with Crippen LogP contribution in [0, 0.1) is 5.82 Å². The van der Waals surface area contributed by atoms with Gasteiger partial charge in [-0.3, -0.25) is 4.98 Å². The fraction of sp³-hybridized carbons (Fsp3) is 0.438. The van der Waals surface area contributed by atoms with Crippen LogP contribution in [0.4, 0.5) is 15.8 Å². The van der Waals surface area contributed by atoms with E-state index in [0.29, 0.717) is 22.9 Å². The Bertz CT molecular complexity index is 650. The van der Waals surface area contributed by atoms with Crippen LogP contribution in [0.3, 0.4) is 0 Å². The zero-order valence-corrected chi connectivity index (χ0v) is 12.5. The van der Waals surface area contributed by atoms with Crippen molar-refractivity contribution in [1.82, 2.24) is 9.88 Å². The largest absolute Gasteiger partial charge is 0.398 e. The van der Waals surface area contributed by atoms with Gasteiger partial charge in [0.15, 0.2) is 5.82 Å². The van der Waals surface area contributed by atoms with Gasteiger partial charge < -0.3 is 15.5 Å². The smallest absolute Gasteiger partial charge is 0.150 e. The van der Waals surface area contributed by atoms with Gasteiger partial charge in [-0.25, -0.2) is 4.39 Å². The van der Waals surface area contributed by atoms with Gasteiger partial charge >= 0.3 is 0 Å². The Hall–Kier alpha value is -1.88. The van der Waals surface area contributed by atoms with Crippen molar-refractivity contribution in [1.29, 1.82) is 0 Å². The minimum Gasteiger partial charge on any atom is -0.398 e. The summed E-state index contributed by atoms with van der Waals surface area (Å²) in [5.74, 6) is -0.292. The Balaban J connectivity index is 2.03. The Morgan fingerprint density at radius 1 is 1.38 bits per heavy atom. The van der Waals surface area contributed by atoms with Crippen LogP contribution in [-0.2, 0) is 0 Å². The Kier molecular flexibility index (Phi) is 3.68. The minimum atomic E-state index is -0.292. The van der Waals surface area contributed by atoms with E-state index in [4.69, 9.17) is 5.73 Å². The van der Waals surface area contributed by atoms with E-state index in [2.05, 4.69) is 16.9 Å². The van der Waals surface area contributed by atoms with Crippen molar-refractivity contribution in [2.75, 3.05) is 37.8 Å². The lowest BCUT2D eigenvalue weighted by Crippen LogP contribution is -2.42. The van der Waals surface area contributed by atoms with E-state index in [1.807, 2.05) is 24.1 Å². The molecule has 0 saturated carbocycles. The number of fused-ring (bicyclic) bond motifs is 1. The van der Waals surface area contributed by atoms with Gasteiger partial charge in [0.1, 0.15) is 0 Å². The molecule has 0 radical (unpaired) electrons. The number of pyridine rings is 1. The van der Waals surface area contributed by atoms with Gasteiger partial charge in [-0.15, -0.1) is 0 Å². The number of hydrogen-bond acceptors (Lipinski definition) is 4. The van der Waals surface area contributed by atoms with Crippen LogP contribution in [0.25, 0.3) is 10.9 Å². The van der Waals surface area contributed by atoms with E-state index in [-0.39, 0.29) is 5.82 Å². The summed E-state index contributed by atoms with van der Waals surface area (Å²) in [7, 11) is 4.08. The molecule has 5 heteroatoms. The Morgan fingerprint density at radius 3 is 2.81 bits per heavy atom. The maximum Gasteiger partial charge on any atom is 0.150 e. The molecule has 1 aliphatic rings. The first-order valence-corrected chi connectivity index (χ1v) is 7.32. The lowest BCUT2D eigenvalue weighted by molar-refractivity contribution is 0.252. The molecule has 2 aromatic rings. The maximum absolute atomic E-state index is 14.5. The fourth-order valence-electron chi connectivity index (χ4n) is 3.12. The SMILES string of the molecule is CN1CCC(N(C)c2c(F)cc(N)c3cccnc23)CC1. The van der Waals surface area contributed by atoms with Crippen LogP contribution in [0.15, 0.2) is 24.4 Å². The van der Waals surface area contributed by atoms with Crippen molar-refractivity contribution in [3.8, 4) is 0 Å². The van der Waals surface area contributed by atoms with Crippen LogP contribution in [0.1, 0.15) is 12.8 Å². The average Bonchev–Trinajstić information content (AvgIpc) is 2.48. The molecule has 1 saturated heterocycles. The Morgan fingerprint density at radius 2 is 2.10 bits per heavy atom. The number of aromatic nitrogens is 1. The van der Waals surface area contributed by atoms with Crippen molar-refractivity contribution in [2.24, 2.45) is 0 Å². The highest BCUT2D eigenvalue weighted by atomic mass is 19.1. The van der Waals surface area contributed by atoms with Crippen molar-refractivity contribution in [3.63, 3.8) is 0 Å². The number of nitrogens with two attached hydrogens (primary N) is 1. The van der Waals surface area contributed by atoms with Crippen LogP contribution in [0.2, 0.25) is 0 Å². The lowest BCUT2D eigenvalue weighted by atomic mass is 10.0. The van der Waals surface area contributed by atoms with Gasteiger partial charge in [-0.2, -0.15) is 0 Å². The highest BCUT2D eigenvalue weighted by Crippen LogP contribution is 2.34. The third-order valence-electron chi connectivity index (χ3n) is 4.44. The number of rotatable bonds is 2. The number of anilines is 2. The third-order valence-corrected chi connectivity index (χ3v) is 4.44. The predicted molar refractivity (Wildman–Crippen MR) is 85.0 cm³/mol. The van der Waals surface area contributed by atoms with Gasteiger partial charge in [0.05, 0.1) is 11.2 Å². The number of likely N-dealkylation sites (tertiary alicyclic amines) is 1. The van der Waals surface area contributed by atoms with Crippen LogP contribution in [0.5, 0.6) is 0 Å². The van der Waals surface area contributed by atoms with Crippen molar-refractivity contribution in [3.05, 3.63) is 30.2 Å². The van der Waals surface area contributed by atoms with E-state index in [1.165, 1.54) is 6.07 Å². The summed E-state index contributed by atoms with van der Waals surface area (Å²) < 4.78 is 14.5. The normalized spacial score (nSPS) is 17.3. The summed E-state index contributed by atoms with van der Waals surface area (Å²) in [5.41, 5.74) is 7.57. The minimum absolute atomic E-state index is 0.292. The number of nitrogen functional groups attached to an aromatic ring is 1. The fourth-order valence-corrected chi connectivity index (χ4v) is 3.12. The highest BCUT2D eigenvalue weighted by Gasteiger charge is 2.25. The zero-order valence-electron chi connectivity index (χ0n) is 12.5. The third kappa shape index (κ3) is 2.53. The topological polar surface area (TPSA) is 45.4 Å². The molecule has 0 amide bonds. The average molecular weight is 288 g/mol. The van der Waals surface area contributed by atoms with Gasteiger partial charge in [0.2, 0.25) is 0 Å². The van der Waals surface area contributed by atoms with Crippen molar-refractivity contribution >= 4 is 22.3 Å². The molecule has 1 aliphatic heterocycles. The molecule has 2 N–H and O–H groups in total. The number of piperidine rings is 1. The van der Waals surface area contributed by atoms with Crippen LogP contribution < -0.4 is 10.6 Å². The number of hydrogen-bond donors (Lipinski definition) is 1. The molecule has 0 bridgehead atoms. The molecule has 0 atom stereocenters. The molecule has 112 valence electrons. The second-order valence-electron chi connectivity index (χ2n) is 5.84. The van der Waals surface area contributed by atoms with Crippen LogP contribution >= 0.6 is 0 Å². The molecule has 0 spiro atoms. The molecule has 4 nitrogen and oxygen atoms in total. The summed E-state index contributed by atoms with van der Waals surface area (Å²) in [5, 5.41) is 0.814. The number of benzene rings is 1. The zero-order chi connectivity index (χ0) is 15.0. The first kappa shape index (κ1) is 14.1. The lowest BCUT2D eigenvalue weighted by Gasteiger charge is -2.36. The molecular weight excluding hydrogens is 267 g/mol. The summed E-state index contributed by atoms with van der Waals surface area (Å²) in [6, 6.07) is 5.47. The molecule has 2 heterocycles. The van der Waals surface area contributed by atoms with Gasteiger partial charge in [0.25, 0.3) is 0 Å². The van der Waals surface area contributed by atoms with E-state index in [9.17, 15) is 4.39 Å². The highest BCUT2D eigenvalue weighted by molar-refractivity contribution is 5.98. The van der Waals surface area contributed by atoms with E-state index >= 15 is 0 Å². The number of nitrogens with zero attached hydrogens (tertiary/aromatic N) is 3. The predicted octanol–water partition coefficient (Wildman–Crippen LogP) is 2.49. The first-order valence-electron chi connectivity index (χ1n) is 7.32. The molecule has 21 heavy (non-hydrogen) atoms. The molecule has 1 aromatic heterocycles. The van der Waals surface area contributed by atoms with E-state index in [0.717, 1.165) is 31.3 Å². The molecular formula is C16H21FN4. The van der Waals surface area contributed by atoms with Gasteiger partial charge in [0, 0.05) is 30.4 Å². The summed E-state index contributed by atoms with van der Waals surface area (Å²) >= 11 is 0. The summed E-state index contributed by atoms with van der Waals surface area (Å²) in [6.45, 7) is 2.08. The van der Waals surface area contributed by atoms with E-state index in [1.54, 1.807) is 6.20 Å². The molecule has 0 unspecified atom stereocenters. The van der Waals surface area contributed by atoms with E-state index < -0.39 is 0 Å². The van der Waals surface area contributed by atoms with Crippen molar-refractivity contribution in [2.45, 2.75) is 18.9 Å². The molecule has 1 fully saturated rings. The number of halogens is 1. The summed E-state index contributed by atoms with van der Waals surface area (Å²) in [4.78, 5) is 8.71. The monoisotopic (exact) mass is 288 g/mol. The second kappa shape index (κ2) is 5.48. The van der Waals surface area contributed by atoms with Gasteiger partial charge in [-0.1, -0.05) is 0 Å². The quantitative estimate of drug-likeness (QED) is 0.862. The van der Waals surface area contributed by atoms with Crippen LogP contribution in [-0.4, -0.2) is 43.1 Å². The first-order chi connectivity index (χ1) is 10.1. The maximum atomic E-state index is 14.5. The molecule has 0 aliphatic carbocycles. The standard InChI is InChI=1S/C16H21FN4/c1-20-8-5-11(6-9-20)21(2)16-13(17)10-14(18)12-4-3-7-19-15(12)16/h3-4,7,10-11H,5-6,8-9,18H2,1-2H3. The molecule has 1 aromatic carbocycles. The summed E-state index contributed by atoms with van der Waals surface area (Å²) in [6.07, 6.45) is 3.75. The van der Waals surface area contributed by atoms with Gasteiger partial charge in [-0.05, 0) is 51.2 Å².